The highest BCUT2D eigenvalue weighted by molar-refractivity contribution is 7.11. The maximum absolute atomic E-state index is 4.52. The van der Waals surface area contributed by atoms with Gasteiger partial charge in [-0.2, -0.15) is 5.10 Å². The van der Waals surface area contributed by atoms with Crippen molar-refractivity contribution in [3.05, 3.63) is 33.5 Å². The standard InChI is InChI=1S/C14H22N4S/c1-5-11-7-12(18(4)17-11)8-13(15-6-2)14-9-16-10(3)19-14/h7,9,13,15H,5-6,8H2,1-4H3. The van der Waals surface area contributed by atoms with Crippen molar-refractivity contribution in [3.63, 3.8) is 0 Å². The molecule has 1 atom stereocenters. The molecule has 5 heteroatoms. The molecule has 0 spiro atoms. The number of likely N-dealkylation sites (N-methyl/N-ethyl adjacent to an activating group) is 1. The van der Waals surface area contributed by atoms with Crippen LogP contribution in [0.4, 0.5) is 0 Å². The fourth-order valence-electron chi connectivity index (χ4n) is 2.20. The predicted octanol–water partition coefficient (Wildman–Crippen LogP) is 2.64. The number of nitrogens with one attached hydrogen (secondary N) is 1. The van der Waals surface area contributed by atoms with Crippen LogP contribution in [0.25, 0.3) is 0 Å². The highest BCUT2D eigenvalue weighted by Gasteiger charge is 2.16. The van der Waals surface area contributed by atoms with Gasteiger partial charge in [0.1, 0.15) is 0 Å². The van der Waals surface area contributed by atoms with Crippen LogP contribution >= 0.6 is 11.3 Å². The first-order valence-corrected chi connectivity index (χ1v) is 7.63. The van der Waals surface area contributed by atoms with Crippen molar-refractivity contribution in [2.75, 3.05) is 6.54 Å². The molecule has 0 aliphatic rings. The van der Waals surface area contributed by atoms with Gasteiger partial charge in [0.25, 0.3) is 0 Å². The molecule has 19 heavy (non-hydrogen) atoms. The Balaban J connectivity index is 2.18. The van der Waals surface area contributed by atoms with Gasteiger partial charge in [0.05, 0.1) is 10.7 Å². The molecule has 104 valence electrons. The van der Waals surface area contributed by atoms with E-state index < -0.39 is 0 Å². The van der Waals surface area contributed by atoms with Crippen LogP contribution in [0, 0.1) is 6.92 Å². The molecular weight excluding hydrogens is 256 g/mol. The third kappa shape index (κ3) is 3.42. The quantitative estimate of drug-likeness (QED) is 0.883. The van der Waals surface area contributed by atoms with Gasteiger partial charge in [-0.1, -0.05) is 13.8 Å². The van der Waals surface area contributed by atoms with Gasteiger partial charge in [0.2, 0.25) is 0 Å². The predicted molar refractivity (Wildman–Crippen MR) is 79.6 cm³/mol. The smallest absolute Gasteiger partial charge is 0.0897 e. The monoisotopic (exact) mass is 278 g/mol. The van der Waals surface area contributed by atoms with Crippen molar-refractivity contribution < 1.29 is 0 Å². The molecule has 2 aromatic rings. The van der Waals surface area contributed by atoms with E-state index in [1.54, 1.807) is 11.3 Å². The minimum Gasteiger partial charge on any atom is -0.309 e. The number of aryl methyl sites for hydroxylation is 3. The second-order valence-electron chi connectivity index (χ2n) is 4.70. The van der Waals surface area contributed by atoms with E-state index in [1.165, 1.54) is 10.6 Å². The molecule has 2 heterocycles. The topological polar surface area (TPSA) is 42.7 Å². The first-order chi connectivity index (χ1) is 9.13. The van der Waals surface area contributed by atoms with Gasteiger partial charge in [0, 0.05) is 36.3 Å². The molecule has 0 fully saturated rings. The third-order valence-corrected chi connectivity index (χ3v) is 4.26. The minimum absolute atomic E-state index is 0.330. The molecule has 0 amide bonds. The van der Waals surface area contributed by atoms with Crippen molar-refractivity contribution in [2.45, 2.75) is 39.7 Å². The fraction of sp³-hybridized carbons (Fsp3) is 0.571. The van der Waals surface area contributed by atoms with Gasteiger partial charge in [-0.15, -0.1) is 11.3 Å². The molecule has 4 nitrogen and oxygen atoms in total. The second kappa shape index (κ2) is 6.30. The molecular formula is C14H22N4S. The highest BCUT2D eigenvalue weighted by atomic mass is 32.1. The summed E-state index contributed by atoms with van der Waals surface area (Å²) < 4.78 is 2.00. The molecule has 0 aliphatic carbocycles. The molecule has 0 bridgehead atoms. The van der Waals surface area contributed by atoms with Crippen molar-refractivity contribution in [3.8, 4) is 0 Å². The Hall–Kier alpha value is -1.20. The van der Waals surface area contributed by atoms with Crippen molar-refractivity contribution in [2.24, 2.45) is 7.05 Å². The van der Waals surface area contributed by atoms with E-state index in [1.807, 2.05) is 17.9 Å². The number of hydrogen-bond donors (Lipinski definition) is 1. The largest absolute Gasteiger partial charge is 0.309 e. The van der Waals surface area contributed by atoms with Crippen LogP contribution in [0.3, 0.4) is 0 Å². The van der Waals surface area contributed by atoms with Crippen molar-refractivity contribution in [1.29, 1.82) is 0 Å². The van der Waals surface area contributed by atoms with Gasteiger partial charge < -0.3 is 5.32 Å². The van der Waals surface area contributed by atoms with Gasteiger partial charge >= 0.3 is 0 Å². The van der Waals surface area contributed by atoms with Crippen LogP contribution in [0.5, 0.6) is 0 Å². The molecule has 0 saturated heterocycles. The lowest BCUT2D eigenvalue weighted by Gasteiger charge is -2.15. The molecule has 1 unspecified atom stereocenters. The van der Waals surface area contributed by atoms with Gasteiger partial charge in [-0.3, -0.25) is 4.68 Å². The van der Waals surface area contributed by atoms with Gasteiger partial charge in [-0.05, 0) is 26.0 Å². The highest BCUT2D eigenvalue weighted by Crippen LogP contribution is 2.24. The number of nitrogens with zero attached hydrogens (tertiary/aromatic N) is 3. The normalized spacial score (nSPS) is 12.8. The first kappa shape index (κ1) is 14.2. The van der Waals surface area contributed by atoms with Crippen LogP contribution in [0.15, 0.2) is 12.3 Å². The Kier molecular flexibility index (Phi) is 4.71. The molecule has 0 aromatic carbocycles. The van der Waals surface area contributed by atoms with Crippen LogP contribution in [0.2, 0.25) is 0 Å². The van der Waals surface area contributed by atoms with Crippen molar-refractivity contribution >= 4 is 11.3 Å². The molecule has 1 N–H and O–H groups in total. The lowest BCUT2D eigenvalue weighted by atomic mass is 10.1. The molecule has 2 rings (SSSR count). The van der Waals surface area contributed by atoms with E-state index in [0.717, 1.165) is 30.1 Å². The summed E-state index contributed by atoms with van der Waals surface area (Å²) in [6, 6.07) is 2.54. The average molecular weight is 278 g/mol. The average Bonchev–Trinajstić information content (AvgIpc) is 2.96. The molecule has 0 radical (unpaired) electrons. The van der Waals surface area contributed by atoms with Crippen LogP contribution in [-0.2, 0) is 19.9 Å². The number of aromatic nitrogens is 3. The summed E-state index contributed by atoms with van der Waals surface area (Å²) in [6.07, 6.45) is 3.93. The second-order valence-corrected chi connectivity index (χ2v) is 5.97. The lowest BCUT2D eigenvalue weighted by Crippen LogP contribution is -2.23. The summed E-state index contributed by atoms with van der Waals surface area (Å²) in [6.45, 7) is 7.29. The van der Waals surface area contributed by atoms with E-state index in [-0.39, 0.29) is 0 Å². The SMILES string of the molecule is CCNC(Cc1cc(CC)nn1C)c1cnc(C)s1. The zero-order chi connectivity index (χ0) is 13.8. The zero-order valence-corrected chi connectivity index (χ0v) is 12.9. The maximum atomic E-state index is 4.52. The summed E-state index contributed by atoms with van der Waals surface area (Å²) in [5.74, 6) is 0. The fourth-order valence-corrected chi connectivity index (χ4v) is 3.06. The number of hydrogen-bond acceptors (Lipinski definition) is 4. The zero-order valence-electron chi connectivity index (χ0n) is 12.1. The Bertz CT molecular complexity index is 529. The van der Waals surface area contributed by atoms with E-state index in [2.05, 4.69) is 42.2 Å². The van der Waals surface area contributed by atoms with E-state index in [0.29, 0.717) is 6.04 Å². The summed E-state index contributed by atoms with van der Waals surface area (Å²) in [5, 5.41) is 9.18. The minimum atomic E-state index is 0.330. The van der Waals surface area contributed by atoms with Gasteiger partial charge in [0.15, 0.2) is 0 Å². The Morgan fingerprint density at radius 2 is 2.21 bits per heavy atom. The first-order valence-electron chi connectivity index (χ1n) is 6.81. The lowest BCUT2D eigenvalue weighted by molar-refractivity contribution is 0.535. The van der Waals surface area contributed by atoms with E-state index >= 15 is 0 Å². The van der Waals surface area contributed by atoms with Gasteiger partial charge in [-0.25, -0.2) is 4.98 Å². The molecule has 0 saturated carbocycles. The number of rotatable bonds is 6. The van der Waals surface area contributed by atoms with Crippen molar-refractivity contribution in [1.82, 2.24) is 20.1 Å². The molecule has 0 aliphatic heterocycles. The number of thiazole rings is 1. The summed E-state index contributed by atoms with van der Waals surface area (Å²) >= 11 is 1.77. The summed E-state index contributed by atoms with van der Waals surface area (Å²) in [7, 11) is 2.02. The van der Waals surface area contributed by atoms with Crippen LogP contribution in [0.1, 0.15) is 41.2 Å². The Labute approximate surface area is 118 Å². The van der Waals surface area contributed by atoms with E-state index in [4.69, 9.17) is 0 Å². The Morgan fingerprint density at radius 3 is 2.74 bits per heavy atom. The Morgan fingerprint density at radius 1 is 1.42 bits per heavy atom. The summed E-state index contributed by atoms with van der Waals surface area (Å²) in [5.41, 5.74) is 2.43. The van der Waals surface area contributed by atoms with Crippen LogP contribution in [-0.4, -0.2) is 21.3 Å². The third-order valence-electron chi connectivity index (χ3n) is 3.24. The maximum Gasteiger partial charge on any atom is 0.0897 e. The van der Waals surface area contributed by atoms with E-state index in [9.17, 15) is 0 Å². The molecule has 2 aromatic heterocycles. The summed E-state index contributed by atoms with van der Waals surface area (Å²) in [4.78, 5) is 5.67. The van der Waals surface area contributed by atoms with Crippen LogP contribution < -0.4 is 5.32 Å².